The van der Waals surface area contributed by atoms with Crippen molar-refractivity contribution in [1.29, 1.82) is 0 Å². The molecule has 1 atom stereocenters. The molecule has 0 unspecified atom stereocenters. The van der Waals surface area contributed by atoms with E-state index in [1.54, 1.807) is 0 Å². The molecule has 0 saturated carbocycles. The zero-order valence-electron chi connectivity index (χ0n) is 45.3. The van der Waals surface area contributed by atoms with Crippen LogP contribution in [0.4, 0.5) is 0 Å². The van der Waals surface area contributed by atoms with Crippen LogP contribution in [0.25, 0.3) is 0 Å². The molecule has 0 bridgehead atoms. The lowest BCUT2D eigenvalue weighted by Crippen LogP contribution is -2.30. The Bertz CT molecular complexity index is 1330. The van der Waals surface area contributed by atoms with Crippen molar-refractivity contribution in [3.05, 3.63) is 85.1 Å². The van der Waals surface area contributed by atoms with Crippen molar-refractivity contribution in [2.45, 2.75) is 284 Å². The monoisotopic (exact) mass is 961 g/mol. The fourth-order valence-electron chi connectivity index (χ4n) is 8.05. The van der Waals surface area contributed by atoms with Crippen molar-refractivity contribution < 1.29 is 28.6 Å². The average molecular weight is 962 g/mol. The van der Waals surface area contributed by atoms with E-state index in [-0.39, 0.29) is 31.6 Å². The Morgan fingerprint density at radius 3 is 0.957 bits per heavy atom. The molecule has 6 heteroatoms. The van der Waals surface area contributed by atoms with Crippen LogP contribution in [0.15, 0.2) is 85.1 Å². The molecule has 69 heavy (non-hydrogen) atoms. The summed E-state index contributed by atoms with van der Waals surface area (Å²) in [4.78, 5) is 38.1. The van der Waals surface area contributed by atoms with Crippen LogP contribution >= 0.6 is 0 Å². The molecule has 0 fully saturated rings. The standard InChI is InChI=1S/C63H108O6/c1-4-7-10-13-16-19-22-25-28-30-31-33-36-39-42-45-48-51-54-57-63(66)69-60(58-67-61(64)55-52-49-46-43-40-37-34-27-24-21-18-15-12-9-6-3)59-68-62(65)56-53-50-47-44-41-38-35-32-29-26-23-20-17-14-11-8-5-2/h7,10,16,19,21,24-25,28,31,33,39,42,48,51,60H,4-6,8-9,11-15,17-18,20,22-23,26-27,29-30,32,34-38,40-41,43-47,49-50,52-59H2,1-3H3/b10-7-,19-16-,24-21-,28-25-,33-31-,42-39-,51-48-/t60-/m1/s1. The molecule has 0 spiro atoms. The van der Waals surface area contributed by atoms with Crippen molar-refractivity contribution in [1.82, 2.24) is 0 Å². The van der Waals surface area contributed by atoms with E-state index < -0.39 is 12.1 Å². The molecule has 0 heterocycles. The van der Waals surface area contributed by atoms with Crippen LogP contribution in [-0.2, 0) is 28.6 Å². The minimum Gasteiger partial charge on any atom is -0.462 e. The van der Waals surface area contributed by atoms with Crippen LogP contribution < -0.4 is 0 Å². The van der Waals surface area contributed by atoms with Gasteiger partial charge in [-0.25, -0.2) is 0 Å². The smallest absolute Gasteiger partial charge is 0.306 e. The Labute approximate surface area is 426 Å². The predicted octanol–water partition coefficient (Wildman–Crippen LogP) is 19.5. The Morgan fingerprint density at radius 2 is 0.594 bits per heavy atom. The molecule has 6 nitrogen and oxygen atoms in total. The first-order valence-electron chi connectivity index (χ1n) is 29.1. The Morgan fingerprint density at radius 1 is 0.304 bits per heavy atom. The molecular formula is C63H108O6. The number of carbonyl (C=O) groups excluding carboxylic acids is 3. The first-order chi connectivity index (χ1) is 34.0. The van der Waals surface area contributed by atoms with Gasteiger partial charge in [0, 0.05) is 19.3 Å². The number of ether oxygens (including phenoxy) is 3. The average Bonchev–Trinajstić information content (AvgIpc) is 3.35. The first-order valence-corrected chi connectivity index (χ1v) is 29.1. The summed E-state index contributed by atoms with van der Waals surface area (Å²) >= 11 is 0. The van der Waals surface area contributed by atoms with Crippen LogP contribution in [0.5, 0.6) is 0 Å². The van der Waals surface area contributed by atoms with Gasteiger partial charge in [-0.05, 0) is 83.5 Å². The number of allylic oxidation sites excluding steroid dienone is 14. The van der Waals surface area contributed by atoms with E-state index in [0.717, 1.165) is 77.0 Å². The van der Waals surface area contributed by atoms with Gasteiger partial charge in [-0.3, -0.25) is 14.4 Å². The second-order valence-electron chi connectivity index (χ2n) is 19.2. The van der Waals surface area contributed by atoms with Crippen LogP contribution in [-0.4, -0.2) is 37.2 Å². The third-order valence-corrected chi connectivity index (χ3v) is 12.4. The molecule has 0 amide bonds. The van der Waals surface area contributed by atoms with Gasteiger partial charge in [0.05, 0.1) is 0 Å². The normalized spacial score (nSPS) is 12.7. The number of rotatable bonds is 52. The topological polar surface area (TPSA) is 78.9 Å². The molecular weight excluding hydrogens is 853 g/mol. The van der Waals surface area contributed by atoms with Gasteiger partial charge in [0.25, 0.3) is 0 Å². The third kappa shape index (κ3) is 55.4. The van der Waals surface area contributed by atoms with Crippen LogP contribution in [0.3, 0.4) is 0 Å². The molecule has 0 radical (unpaired) electrons. The SMILES string of the molecule is CC/C=C\C/C=C\C/C=C\C/C=C\C/C=C\C/C=C\CCC(=O)O[C@H](COC(=O)CCCCCCCCC/C=C\CCCCCC)COC(=O)CCCCCCCCCCCCCCCCCCC. The molecule has 0 rings (SSSR count). The van der Waals surface area contributed by atoms with E-state index in [0.29, 0.717) is 19.3 Å². The predicted molar refractivity (Wildman–Crippen MR) is 297 cm³/mol. The highest BCUT2D eigenvalue weighted by atomic mass is 16.6. The molecule has 0 N–H and O–H groups in total. The van der Waals surface area contributed by atoms with Crippen molar-refractivity contribution in [2.24, 2.45) is 0 Å². The fraction of sp³-hybridized carbons (Fsp3) is 0.730. The van der Waals surface area contributed by atoms with E-state index in [4.69, 9.17) is 14.2 Å². The summed E-state index contributed by atoms with van der Waals surface area (Å²) in [5, 5.41) is 0. The molecule has 396 valence electrons. The minimum absolute atomic E-state index is 0.106. The molecule has 0 aliphatic carbocycles. The maximum atomic E-state index is 12.8. The molecule has 0 saturated heterocycles. The highest BCUT2D eigenvalue weighted by molar-refractivity contribution is 5.71. The lowest BCUT2D eigenvalue weighted by Gasteiger charge is -2.18. The number of hydrogen-bond acceptors (Lipinski definition) is 6. The molecule has 0 aromatic rings. The Kier molecular flexibility index (Phi) is 54.3. The van der Waals surface area contributed by atoms with Crippen molar-refractivity contribution in [3.8, 4) is 0 Å². The second kappa shape index (κ2) is 57.2. The van der Waals surface area contributed by atoms with Crippen LogP contribution in [0.2, 0.25) is 0 Å². The summed E-state index contributed by atoms with van der Waals surface area (Å²) in [6, 6.07) is 0. The highest BCUT2D eigenvalue weighted by Gasteiger charge is 2.19. The van der Waals surface area contributed by atoms with E-state index >= 15 is 0 Å². The van der Waals surface area contributed by atoms with Crippen molar-refractivity contribution in [3.63, 3.8) is 0 Å². The summed E-state index contributed by atoms with van der Waals surface area (Å²) in [5.41, 5.74) is 0. The Hall–Kier alpha value is -3.41. The van der Waals surface area contributed by atoms with Gasteiger partial charge in [0.15, 0.2) is 6.10 Å². The molecule has 0 aromatic heterocycles. The summed E-state index contributed by atoms with van der Waals surface area (Å²) < 4.78 is 16.8. The van der Waals surface area contributed by atoms with Crippen LogP contribution in [0, 0.1) is 0 Å². The van der Waals surface area contributed by atoms with Gasteiger partial charge in [-0.1, -0.05) is 260 Å². The van der Waals surface area contributed by atoms with E-state index in [2.05, 4.69) is 99.8 Å². The maximum Gasteiger partial charge on any atom is 0.306 e. The van der Waals surface area contributed by atoms with Gasteiger partial charge in [0.1, 0.15) is 13.2 Å². The molecule has 0 aromatic carbocycles. The maximum absolute atomic E-state index is 12.8. The summed E-state index contributed by atoms with van der Waals surface area (Å²) in [6.07, 6.45) is 74.4. The largest absolute Gasteiger partial charge is 0.462 e. The number of carbonyl (C=O) groups is 3. The fourth-order valence-corrected chi connectivity index (χ4v) is 8.05. The summed E-state index contributed by atoms with van der Waals surface area (Å²) in [6.45, 7) is 6.47. The zero-order valence-corrected chi connectivity index (χ0v) is 45.3. The quantitative estimate of drug-likeness (QED) is 0.0262. The third-order valence-electron chi connectivity index (χ3n) is 12.4. The second-order valence-corrected chi connectivity index (χ2v) is 19.2. The number of hydrogen-bond donors (Lipinski definition) is 0. The van der Waals surface area contributed by atoms with E-state index in [1.807, 2.05) is 6.08 Å². The van der Waals surface area contributed by atoms with Gasteiger partial charge in [-0.2, -0.15) is 0 Å². The summed E-state index contributed by atoms with van der Waals surface area (Å²) in [5.74, 6) is -0.987. The molecule has 0 aliphatic rings. The van der Waals surface area contributed by atoms with E-state index in [1.165, 1.54) is 154 Å². The van der Waals surface area contributed by atoms with Gasteiger partial charge in [-0.15, -0.1) is 0 Å². The van der Waals surface area contributed by atoms with Gasteiger partial charge in [0.2, 0.25) is 0 Å². The first kappa shape index (κ1) is 65.6. The number of esters is 3. The number of unbranched alkanes of at least 4 members (excludes halogenated alkanes) is 27. The van der Waals surface area contributed by atoms with E-state index in [9.17, 15) is 14.4 Å². The lowest BCUT2D eigenvalue weighted by molar-refractivity contribution is -0.166. The Balaban J connectivity index is 4.49. The highest BCUT2D eigenvalue weighted by Crippen LogP contribution is 2.16. The lowest BCUT2D eigenvalue weighted by atomic mass is 10.0. The minimum atomic E-state index is -0.817. The van der Waals surface area contributed by atoms with Gasteiger partial charge >= 0.3 is 17.9 Å². The summed E-state index contributed by atoms with van der Waals surface area (Å²) in [7, 11) is 0. The van der Waals surface area contributed by atoms with Crippen molar-refractivity contribution >= 4 is 17.9 Å². The van der Waals surface area contributed by atoms with Gasteiger partial charge < -0.3 is 14.2 Å². The molecule has 0 aliphatic heterocycles. The zero-order chi connectivity index (χ0) is 50.0. The van der Waals surface area contributed by atoms with Crippen LogP contribution in [0.1, 0.15) is 278 Å². The van der Waals surface area contributed by atoms with Crippen molar-refractivity contribution in [2.75, 3.05) is 13.2 Å².